The van der Waals surface area contributed by atoms with Crippen molar-refractivity contribution < 1.29 is 4.79 Å². The van der Waals surface area contributed by atoms with Crippen LogP contribution >= 0.6 is 0 Å². The van der Waals surface area contributed by atoms with Gasteiger partial charge in [0.05, 0.1) is 6.54 Å². The molecular formula is C12H12N6O. The summed E-state index contributed by atoms with van der Waals surface area (Å²) >= 11 is 0. The van der Waals surface area contributed by atoms with Gasteiger partial charge in [-0.3, -0.25) is 4.79 Å². The van der Waals surface area contributed by atoms with Crippen LogP contribution in [0.2, 0.25) is 0 Å². The second-order valence-corrected chi connectivity index (χ2v) is 3.64. The highest BCUT2D eigenvalue weighted by Crippen LogP contribution is 2.08. The fraction of sp³-hybridized carbons (Fsp3) is 0.167. The van der Waals surface area contributed by atoms with Crippen LogP contribution in [0.3, 0.4) is 0 Å². The van der Waals surface area contributed by atoms with Crippen LogP contribution in [0.1, 0.15) is 5.56 Å². The van der Waals surface area contributed by atoms with E-state index in [9.17, 15) is 4.79 Å². The molecule has 7 nitrogen and oxygen atoms in total. The van der Waals surface area contributed by atoms with E-state index in [1.165, 1.54) is 11.0 Å². The average molecular weight is 256 g/mol. The highest BCUT2D eigenvalue weighted by atomic mass is 16.2. The highest BCUT2D eigenvalue weighted by Gasteiger charge is 2.04. The van der Waals surface area contributed by atoms with Crippen molar-refractivity contribution in [1.29, 1.82) is 0 Å². The minimum Gasteiger partial charge on any atom is -0.324 e. The van der Waals surface area contributed by atoms with Gasteiger partial charge >= 0.3 is 0 Å². The van der Waals surface area contributed by atoms with E-state index in [0.29, 0.717) is 12.2 Å². The third-order valence-electron chi connectivity index (χ3n) is 2.20. The topological polar surface area (TPSA) is 98.7 Å². The van der Waals surface area contributed by atoms with Crippen molar-refractivity contribution in [1.82, 2.24) is 20.2 Å². The van der Waals surface area contributed by atoms with Gasteiger partial charge in [0.2, 0.25) is 5.91 Å². The van der Waals surface area contributed by atoms with Gasteiger partial charge in [-0.15, -0.1) is 5.10 Å². The average Bonchev–Trinajstić information content (AvgIpc) is 2.90. The van der Waals surface area contributed by atoms with Gasteiger partial charge in [-0.05, 0) is 34.7 Å². The van der Waals surface area contributed by atoms with Crippen molar-refractivity contribution in [3.05, 3.63) is 36.2 Å². The van der Waals surface area contributed by atoms with Crippen LogP contribution in [-0.2, 0) is 11.3 Å². The van der Waals surface area contributed by atoms with E-state index in [-0.39, 0.29) is 12.5 Å². The summed E-state index contributed by atoms with van der Waals surface area (Å²) in [6.45, 7) is 0.395. The molecule has 1 aromatic carbocycles. The Bertz CT molecular complexity index is 593. The van der Waals surface area contributed by atoms with Gasteiger partial charge in [-0.25, -0.2) is 4.68 Å². The number of amides is 1. The fourth-order valence-electron chi connectivity index (χ4n) is 1.39. The van der Waals surface area contributed by atoms with Crippen molar-refractivity contribution >= 4 is 11.6 Å². The van der Waals surface area contributed by atoms with Crippen molar-refractivity contribution in [3.63, 3.8) is 0 Å². The van der Waals surface area contributed by atoms with E-state index in [4.69, 9.17) is 5.73 Å². The first kappa shape index (κ1) is 12.7. The van der Waals surface area contributed by atoms with Crippen molar-refractivity contribution in [3.8, 4) is 11.8 Å². The van der Waals surface area contributed by atoms with Gasteiger partial charge in [0.25, 0.3) is 0 Å². The molecule has 1 heterocycles. The van der Waals surface area contributed by atoms with Crippen LogP contribution in [0.15, 0.2) is 30.6 Å². The lowest BCUT2D eigenvalue weighted by Gasteiger charge is -2.04. The molecule has 96 valence electrons. The van der Waals surface area contributed by atoms with Gasteiger partial charge in [-0.1, -0.05) is 11.8 Å². The molecule has 0 aliphatic rings. The van der Waals surface area contributed by atoms with Gasteiger partial charge in [0.15, 0.2) is 0 Å². The van der Waals surface area contributed by atoms with Crippen LogP contribution in [0.5, 0.6) is 0 Å². The molecule has 0 fully saturated rings. The number of rotatable bonds is 3. The summed E-state index contributed by atoms with van der Waals surface area (Å²) in [5, 5.41) is 13.2. The van der Waals surface area contributed by atoms with Crippen LogP contribution in [0.25, 0.3) is 0 Å². The second-order valence-electron chi connectivity index (χ2n) is 3.64. The van der Waals surface area contributed by atoms with E-state index in [2.05, 4.69) is 32.7 Å². The van der Waals surface area contributed by atoms with Gasteiger partial charge in [0.1, 0.15) is 12.9 Å². The number of nitrogens with zero attached hydrogens (tertiary/aromatic N) is 4. The molecule has 0 aliphatic carbocycles. The number of hydrogen-bond acceptors (Lipinski definition) is 5. The molecule has 3 N–H and O–H groups in total. The van der Waals surface area contributed by atoms with Crippen LogP contribution in [-0.4, -0.2) is 32.7 Å². The fourth-order valence-corrected chi connectivity index (χ4v) is 1.39. The zero-order chi connectivity index (χ0) is 13.5. The zero-order valence-electron chi connectivity index (χ0n) is 10.1. The molecule has 0 radical (unpaired) electrons. The van der Waals surface area contributed by atoms with Crippen LogP contribution < -0.4 is 11.1 Å². The first-order valence-corrected chi connectivity index (χ1v) is 5.57. The number of carbonyl (C=O) groups excluding carboxylic acids is 1. The smallest absolute Gasteiger partial charge is 0.246 e. The summed E-state index contributed by atoms with van der Waals surface area (Å²) in [5.74, 6) is 5.46. The maximum atomic E-state index is 11.7. The standard InChI is InChI=1S/C12H12N6O/c13-7-1-2-10-3-5-11(6-4-10)15-12(19)8-18-9-14-16-17-18/h3-6,9H,7-8,13H2,(H,15,19). The Morgan fingerprint density at radius 1 is 1.37 bits per heavy atom. The summed E-state index contributed by atoms with van der Waals surface area (Å²) in [4.78, 5) is 11.7. The Balaban J connectivity index is 1.94. The lowest BCUT2D eigenvalue weighted by atomic mass is 10.2. The first-order chi connectivity index (χ1) is 9.28. The second kappa shape index (κ2) is 6.28. The third kappa shape index (κ3) is 3.90. The lowest BCUT2D eigenvalue weighted by Crippen LogP contribution is -2.19. The van der Waals surface area contributed by atoms with Gasteiger partial charge in [0, 0.05) is 11.3 Å². The van der Waals surface area contributed by atoms with Crippen LogP contribution in [0.4, 0.5) is 5.69 Å². The van der Waals surface area contributed by atoms with Crippen molar-refractivity contribution in [2.24, 2.45) is 5.73 Å². The molecule has 0 saturated heterocycles. The molecule has 0 atom stereocenters. The summed E-state index contributed by atoms with van der Waals surface area (Å²) in [5.41, 5.74) is 6.83. The number of tetrazole rings is 1. The Morgan fingerprint density at radius 3 is 2.79 bits per heavy atom. The Hall–Kier alpha value is -2.72. The Kier molecular flexibility index (Phi) is 4.21. The Morgan fingerprint density at radius 2 is 2.16 bits per heavy atom. The number of nitrogens with two attached hydrogens (primary N) is 1. The van der Waals surface area contributed by atoms with Crippen molar-refractivity contribution in [2.75, 3.05) is 11.9 Å². The normalized spacial score (nSPS) is 9.53. The summed E-state index contributed by atoms with van der Waals surface area (Å²) in [6, 6.07) is 7.18. The molecule has 2 rings (SSSR count). The number of aromatic nitrogens is 4. The van der Waals surface area contributed by atoms with Gasteiger partial charge < -0.3 is 11.1 Å². The quantitative estimate of drug-likeness (QED) is 0.729. The molecule has 1 aromatic heterocycles. The molecule has 0 unspecified atom stereocenters. The summed E-state index contributed by atoms with van der Waals surface area (Å²) in [6.07, 6.45) is 1.38. The van der Waals surface area contributed by atoms with Crippen molar-refractivity contribution in [2.45, 2.75) is 6.54 Å². The predicted molar refractivity (Wildman–Crippen MR) is 68.8 cm³/mol. The SMILES string of the molecule is NCC#Cc1ccc(NC(=O)Cn2cnnn2)cc1. The van der Waals surface area contributed by atoms with E-state index < -0.39 is 0 Å². The molecule has 0 saturated carbocycles. The highest BCUT2D eigenvalue weighted by molar-refractivity contribution is 5.90. The molecule has 19 heavy (non-hydrogen) atoms. The van der Waals surface area contributed by atoms with E-state index in [1.807, 2.05) is 12.1 Å². The molecule has 0 bridgehead atoms. The molecular weight excluding hydrogens is 244 g/mol. The zero-order valence-corrected chi connectivity index (χ0v) is 10.1. The number of nitrogens with one attached hydrogen (secondary N) is 1. The minimum atomic E-state index is -0.201. The monoisotopic (exact) mass is 256 g/mol. The van der Waals surface area contributed by atoms with E-state index >= 15 is 0 Å². The molecule has 0 spiro atoms. The summed E-state index contributed by atoms with van der Waals surface area (Å²) < 4.78 is 1.34. The van der Waals surface area contributed by atoms with Crippen LogP contribution in [0, 0.1) is 11.8 Å². The molecule has 2 aromatic rings. The third-order valence-corrected chi connectivity index (χ3v) is 2.20. The molecule has 0 aliphatic heterocycles. The maximum absolute atomic E-state index is 11.7. The van der Waals surface area contributed by atoms with E-state index in [1.54, 1.807) is 12.1 Å². The first-order valence-electron chi connectivity index (χ1n) is 5.57. The van der Waals surface area contributed by atoms with E-state index in [0.717, 1.165) is 5.56 Å². The number of hydrogen-bond donors (Lipinski definition) is 2. The summed E-state index contributed by atoms with van der Waals surface area (Å²) in [7, 11) is 0. The number of anilines is 1. The largest absolute Gasteiger partial charge is 0.324 e. The number of carbonyl (C=O) groups is 1. The lowest BCUT2D eigenvalue weighted by molar-refractivity contribution is -0.116. The molecule has 1 amide bonds. The Labute approximate surface area is 109 Å². The molecule has 7 heteroatoms. The minimum absolute atomic E-state index is 0.0712. The van der Waals surface area contributed by atoms with Gasteiger partial charge in [-0.2, -0.15) is 0 Å². The predicted octanol–water partition coefficient (Wildman–Crippen LogP) is -0.378. The maximum Gasteiger partial charge on any atom is 0.246 e. The number of benzene rings is 1.